The molecule has 0 saturated carbocycles. The fraction of sp³-hybridized carbons (Fsp3) is 0.400. The Bertz CT molecular complexity index is 411. The van der Waals surface area contributed by atoms with Crippen molar-refractivity contribution in [1.82, 2.24) is 10.3 Å². The summed E-state index contributed by atoms with van der Waals surface area (Å²) in [5.41, 5.74) is 5.54. The van der Waals surface area contributed by atoms with Crippen LogP contribution in [0.1, 0.15) is 22.0 Å². The van der Waals surface area contributed by atoms with Gasteiger partial charge in [-0.1, -0.05) is 0 Å². The van der Waals surface area contributed by atoms with E-state index in [2.05, 4.69) is 10.3 Å². The Balaban J connectivity index is 3.03. The zero-order chi connectivity index (χ0) is 13.0. The molecule has 0 bridgehead atoms. The maximum Gasteiger partial charge on any atom is 0.337 e. The lowest BCUT2D eigenvalue weighted by Crippen LogP contribution is -2.30. The van der Waals surface area contributed by atoms with Crippen molar-refractivity contribution in [1.29, 1.82) is 0 Å². The van der Waals surface area contributed by atoms with Gasteiger partial charge in [0.25, 0.3) is 0 Å². The number of nitrogens with one attached hydrogen (secondary N) is 1. The second-order valence-electron chi connectivity index (χ2n) is 3.57. The van der Waals surface area contributed by atoms with Crippen molar-refractivity contribution < 1.29 is 20.1 Å². The molecule has 0 aromatic carbocycles. The number of rotatable bonds is 5. The molecule has 0 aliphatic rings. The Morgan fingerprint density at radius 3 is 2.76 bits per heavy atom. The normalized spacial score (nSPS) is 14.3. The molecular weight excluding hydrogens is 226 g/mol. The Hall–Kier alpha value is -1.70. The number of carbonyl (C=O) groups is 1. The van der Waals surface area contributed by atoms with E-state index in [1.807, 2.05) is 0 Å². The number of aliphatic hydroxyl groups excluding tert-OH is 2. The number of nitrogens with two attached hydrogens (primary N) is 1. The van der Waals surface area contributed by atoms with E-state index in [0.29, 0.717) is 0 Å². The standard InChI is InChI=1S/C10H15N3O4/c1-12-4-7(14)8(15)6-2-5(10(16)17)3-13-9(6)11/h2-3,7-8,12,14-15H,4H2,1H3,(H2,11,13)(H,16,17). The minimum absolute atomic E-state index is 0.00217. The van der Waals surface area contributed by atoms with Gasteiger partial charge in [0.2, 0.25) is 0 Å². The molecule has 0 spiro atoms. The highest BCUT2D eigenvalue weighted by molar-refractivity contribution is 5.87. The lowest BCUT2D eigenvalue weighted by molar-refractivity contribution is 0.0204. The number of nitrogens with zero attached hydrogens (tertiary/aromatic N) is 1. The number of carboxylic acids is 1. The molecule has 17 heavy (non-hydrogen) atoms. The highest BCUT2D eigenvalue weighted by Gasteiger charge is 2.21. The number of hydrogen-bond donors (Lipinski definition) is 5. The van der Waals surface area contributed by atoms with Crippen molar-refractivity contribution in [3.63, 3.8) is 0 Å². The summed E-state index contributed by atoms with van der Waals surface area (Å²) in [6, 6.07) is 1.20. The van der Waals surface area contributed by atoms with Crippen LogP contribution in [0.4, 0.5) is 5.82 Å². The quantitative estimate of drug-likeness (QED) is 0.446. The van der Waals surface area contributed by atoms with E-state index in [1.165, 1.54) is 6.07 Å². The van der Waals surface area contributed by atoms with Crippen molar-refractivity contribution in [3.8, 4) is 0 Å². The van der Waals surface area contributed by atoms with Crippen molar-refractivity contribution >= 4 is 11.8 Å². The number of likely N-dealkylation sites (N-methyl/N-ethyl adjacent to an activating group) is 1. The second-order valence-corrected chi connectivity index (χ2v) is 3.57. The van der Waals surface area contributed by atoms with Crippen molar-refractivity contribution in [3.05, 3.63) is 23.4 Å². The first-order valence-electron chi connectivity index (χ1n) is 4.96. The summed E-state index contributed by atoms with van der Waals surface area (Å²) in [7, 11) is 1.62. The van der Waals surface area contributed by atoms with Gasteiger partial charge in [-0.25, -0.2) is 9.78 Å². The van der Waals surface area contributed by atoms with Gasteiger partial charge in [-0.05, 0) is 13.1 Å². The van der Waals surface area contributed by atoms with Crippen LogP contribution in [0.2, 0.25) is 0 Å². The second kappa shape index (κ2) is 5.58. The number of pyridine rings is 1. The van der Waals surface area contributed by atoms with E-state index in [-0.39, 0.29) is 23.5 Å². The fourth-order valence-corrected chi connectivity index (χ4v) is 1.37. The maximum atomic E-state index is 10.7. The molecule has 1 aromatic heterocycles. The van der Waals surface area contributed by atoms with Gasteiger partial charge < -0.3 is 26.4 Å². The minimum atomic E-state index is -1.28. The molecule has 6 N–H and O–H groups in total. The van der Waals surface area contributed by atoms with Crippen LogP contribution in [0.5, 0.6) is 0 Å². The predicted octanol–water partition coefficient (Wildman–Crippen LogP) is -1.02. The number of carboxylic acid groups (broad SMARTS) is 1. The van der Waals surface area contributed by atoms with E-state index in [4.69, 9.17) is 10.8 Å². The number of aromatic carboxylic acids is 1. The van der Waals surface area contributed by atoms with Crippen molar-refractivity contribution in [2.24, 2.45) is 0 Å². The zero-order valence-electron chi connectivity index (χ0n) is 9.29. The molecule has 7 nitrogen and oxygen atoms in total. The lowest BCUT2D eigenvalue weighted by Gasteiger charge is -2.19. The lowest BCUT2D eigenvalue weighted by atomic mass is 10.0. The highest BCUT2D eigenvalue weighted by atomic mass is 16.4. The van der Waals surface area contributed by atoms with Gasteiger partial charge in [0.1, 0.15) is 11.9 Å². The molecule has 94 valence electrons. The van der Waals surface area contributed by atoms with Crippen LogP contribution in [-0.4, -0.2) is 46.0 Å². The molecule has 2 unspecified atom stereocenters. The number of hydrogen-bond acceptors (Lipinski definition) is 6. The molecule has 2 atom stereocenters. The molecule has 1 aromatic rings. The maximum absolute atomic E-state index is 10.7. The molecule has 0 aliphatic heterocycles. The van der Waals surface area contributed by atoms with Gasteiger partial charge >= 0.3 is 5.97 Å². The smallest absolute Gasteiger partial charge is 0.337 e. The zero-order valence-corrected chi connectivity index (χ0v) is 9.29. The van der Waals surface area contributed by atoms with Gasteiger partial charge in [0.05, 0.1) is 11.7 Å². The van der Waals surface area contributed by atoms with Crippen LogP contribution in [0.15, 0.2) is 12.3 Å². The van der Waals surface area contributed by atoms with Crippen LogP contribution in [0.3, 0.4) is 0 Å². The molecule has 0 radical (unpaired) electrons. The summed E-state index contributed by atoms with van der Waals surface area (Å²) in [5, 5.41) is 30.9. The number of aliphatic hydroxyl groups is 2. The summed E-state index contributed by atoms with van der Waals surface area (Å²) >= 11 is 0. The first-order valence-corrected chi connectivity index (χ1v) is 4.96. The van der Waals surface area contributed by atoms with Gasteiger partial charge in [0, 0.05) is 18.3 Å². The van der Waals surface area contributed by atoms with Crippen LogP contribution in [-0.2, 0) is 0 Å². The van der Waals surface area contributed by atoms with Crippen molar-refractivity contribution in [2.45, 2.75) is 12.2 Å². The molecule has 7 heteroatoms. The highest BCUT2D eigenvalue weighted by Crippen LogP contribution is 2.22. The molecule has 1 rings (SSSR count). The molecule has 0 fully saturated rings. The minimum Gasteiger partial charge on any atom is -0.478 e. The third-order valence-corrected chi connectivity index (χ3v) is 2.29. The first kappa shape index (κ1) is 13.4. The van der Waals surface area contributed by atoms with Gasteiger partial charge in [-0.15, -0.1) is 0 Å². The Kier molecular flexibility index (Phi) is 4.38. The summed E-state index contributed by atoms with van der Waals surface area (Å²) < 4.78 is 0. The molecule has 0 amide bonds. The fourth-order valence-electron chi connectivity index (χ4n) is 1.37. The van der Waals surface area contributed by atoms with E-state index >= 15 is 0 Å². The molecule has 1 heterocycles. The summed E-state index contributed by atoms with van der Waals surface area (Å²) in [4.78, 5) is 14.4. The van der Waals surface area contributed by atoms with Gasteiger partial charge in [-0.3, -0.25) is 0 Å². The average Bonchev–Trinajstić information content (AvgIpc) is 2.28. The van der Waals surface area contributed by atoms with E-state index in [9.17, 15) is 15.0 Å². The Labute approximate surface area is 97.9 Å². The van der Waals surface area contributed by atoms with Gasteiger partial charge in [0.15, 0.2) is 0 Å². The van der Waals surface area contributed by atoms with E-state index < -0.39 is 18.2 Å². The summed E-state index contributed by atoms with van der Waals surface area (Å²) in [5.74, 6) is -1.17. The predicted molar refractivity (Wildman–Crippen MR) is 60.5 cm³/mol. The SMILES string of the molecule is CNCC(O)C(O)c1cc(C(=O)O)cnc1N. The van der Waals surface area contributed by atoms with E-state index in [0.717, 1.165) is 6.20 Å². The van der Waals surface area contributed by atoms with Gasteiger partial charge in [-0.2, -0.15) is 0 Å². The first-order chi connectivity index (χ1) is 7.97. The Morgan fingerprint density at radius 2 is 2.24 bits per heavy atom. The largest absolute Gasteiger partial charge is 0.478 e. The topological polar surface area (TPSA) is 129 Å². The summed E-state index contributed by atoms with van der Waals surface area (Å²) in [6.07, 6.45) is -1.28. The third-order valence-electron chi connectivity index (χ3n) is 2.29. The third kappa shape index (κ3) is 3.13. The van der Waals surface area contributed by atoms with Crippen LogP contribution in [0.25, 0.3) is 0 Å². The number of nitrogen functional groups attached to an aromatic ring is 1. The van der Waals surface area contributed by atoms with Crippen molar-refractivity contribution in [2.75, 3.05) is 19.3 Å². The van der Waals surface area contributed by atoms with E-state index in [1.54, 1.807) is 7.05 Å². The number of anilines is 1. The average molecular weight is 241 g/mol. The van der Waals surface area contributed by atoms with Crippen LogP contribution < -0.4 is 11.1 Å². The molecular formula is C10H15N3O4. The Morgan fingerprint density at radius 1 is 1.59 bits per heavy atom. The monoisotopic (exact) mass is 241 g/mol. The molecule has 0 saturated heterocycles. The number of aromatic nitrogens is 1. The van der Waals surface area contributed by atoms with Crippen LogP contribution >= 0.6 is 0 Å². The van der Waals surface area contributed by atoms with Crippen LogP contribution in [0, 0.1) is 0 Å². The molecule has 0 aliphatic carbocycles. The summed E-state index contributed by atoms with van der Waals surface area (Å²) in [6.45, 7) is 0.151.